The van der Waals surface area contributed by atoms with E-state index in [0.717, 1.165) is 22.6 Å². The molecule has 2 aromatic rings. The van der Waals surface area contributed by atoms with Gasteiger partial charge in [-0.1, -0.05) is 24.3 Å². The molecular weight excluding hydrogens is 351 g/mol. The van der Waals surface area contributed by atoms with Crippen molar-refractivity contribution in [3.63, 3.8) is 0 Å². The quantitative estimate of drug-likeness (QED) is 0.825. The first kappa shape index (κ1) is 14.2. The number of benzene rings is 1. The molecule has 0 aliphatic carbocycles. The number of rotatable bonds is 5. The molecule has 2 rings (SSSR count). The van der Waals surface area contributed by atoms with Gasteiger partial charge in [-0.25, -0.2) is 9.97 Å². The summed E-state index contributed by atoms with van der Waals surface area (Å²) in [5.74, 6) is 0.759. The lowest BCUT2D eigenvalue weighted by molar-refractivity contribution is 0.782. The molecular formula is C14H17IN4. The van der Waals surface area contributed by atoms with E-state index in [4.69, 9.17) is 5.73 Å². The van der Waals surface area contributed by atoms with Crippen molar-refractivity contribution in [1.29, 1.82) is 0 Å². The maximum absolute atomic E-state index is 5.78. The van der Waals surface area contributed by atoms with Gasteiger partial charge in [0.15, 0.2) is 0 Å². The summed E-state index contributed by atoms with van der Waals surface area (Å²) in [5, 5.41) is 0. The number of anilines is 1. The van der Waals surface area contributed by atoms with E-state index in [1.165, 1.54) is 11.1 Å². The zero-order chi connectivity index (χ0) is 13.7. The Balaban J connectivity index is 2.21. The molecule has 0 amide bonds. The monoisotopic (exact) mass is 368 g/mol. The fourth-order valence-corrected chi connectivity index (χ4v) is 2.19. The van der Waals surface area contributed by atoms with Crippen molar-refractivity contribution >= 4 is 28.5 Å². The van der Waals surface area contributed by atoms with E-state index in [1.807, 2.05) is 24.5 Å². The molecule has 0 unspecified atom stereocenters. The molecule has 100 valence electrons. The third-order valence-corrected chi connectivity index (χ3v) is 3.53. The summed E-state index contributed by atoms with van der Waals surface area (Å²) in [4.78, 5) is 10.9. The van der Waals surface area contributed by atoms with E-state index >= 15 is 0 Å². The van der Waals surface area contributed by atoms with Crippen molar-refractivity contribution in [3.8, 4) is 0 Å². The van der Waals surface area contributed by atoms with Gasteiger partial charge in [-0.2, -0.15) is 0 Å². The Morgan fingerprint density at radius 1 is 1.16 bits per heavy atom. The Bertz CT molecular complexity index is 527. The Morgan fingerprint density at radius 3 is 2.37 bits per heavy atom. The summed E-state index contributed by atoms with van der Waals surface area (Å²) in [7, 11) is 0. The first-order valence-electron chi connectivity index (χ1n) is 6.24. The highest BCUT2D eigenvalue weighted by Crippen LogP contribution is 2.15. The van der Waals surface area contributed by atoms with Crippen molar-refractivity contribution in [2.24, 2.45) is 5.73 Å². The third-order valence-electron chi connectivity index (χ3n) is 2.97. The molecule has 0 bridgehead atoms. The predicted octanol–water partition coefficient (Wildman–Crippen LogP) is 2.57. The van der Waals surface area contributed by atoms with Crippen LogP contribution in [-0.2, 0) is 13.1 Å². The number of nitrogens with zero attached hydrogens (tertiary/aromatic N) is 3. The second kappa shape index (κ2) is 6.81. The smallest absolute Gasteiger partial charge is 0.225 e. The van der Waals surface area contributed by atoms with E-state index in [1.54, 1.807) is 0 Å². The van der Waals surface area contributed by atoms with Crippen LogP contribution in [0.3, 0.4) is 0 Å². The minimum Gasteiger partial charge on any atom is -0.337 e. The molecule has 0 aliphatic rings. The second-order valence-corrected chi connectivity index (χ2v) is 5.43. The summed E-state index contributed by atoms with van der Waals surface area (Å²) >= 11 is 2.21. The largest absolute Gasteiger partial charge is 0.337 e. The van der Waals surface area contributed by atoms with Gasteiger partial charge < -0.3 is 10.6 Å². The lowest BCUT2D eigenvalue weighted by atomic mass is 10.1. The second-order valence-electron chi connectivity index (χ2n) is 4.19. The molecule has 1 aromatic heterocycles. The average molecular weight is 368 g/mol. The maximum Gasteiger partial charge on any atom is 0.225 e. The number of hydrogen-bond acceptors (Lipinski definition) is 4. The molecule has 0 saturated carbocycles. The van der Waals surface area contributed by atoms with Gasteiger partial charge in [0.2, 0.25) is 5.95 Å². The van der Waals surface area contributed by atoms with Crippen molar-refractivity contribution in [1.82, 2.24) is 9.97 Å². The summed E-state index contributed by atoms with van der Waals surface area (Å²) in [5.41, 5.74) is 8.18. The molecule has 5 heteroatoms. The SMILES string of the molecule is CCN(Cc1ccccc1CN)c1ncc(I)cn1. The van der Waals surface area contributed by atoms with Gasteiger partial charge in [0.1, 0.15) is 0 Å². The highest BCUT2D eigenvalue weighted by Gasteiger charge is 2.10. The van der Waals surface area contributed by atoms with E-state index in [2.05, 4.69) is 56.5 Å². The maximum atomic E-state index is 5.78. The Kier molecular flexibility index (Phi) is 5.09. The lowest BCUT2D eigenvalue weighted by Gasteiger charge is -2.22. The summed E-state index contributed by atoms with van der Waals surface area (Å²) in [6.07, 6.45) is 3.67. The average Bonchev–Trinajstić information content (AvgIpc) is 2.46. The Morgan fingerprint density at radius 2 is 1.79 bits per heavy atom. The van der Waals surface area contributed by atoms with Gasteiger partial charge in [-0.05, 0) is 40.6 Å². The fraction of sp³-hybridized carbons (Fsp3) is 0.286. The minimum absolute atomic E-state index is 0.557. The van der Waals surface area contributed by atoms with Crippen LogP contribution in [0.4, 0.5) is 5.95 Å². The van der Waals surface area contributed by atoms with Gasteiger partial charge in [0, 0.05) is 35.6 Å². The van der Waals surface area contributed by atoms with Crippen LogP contribution in [0.25, 0.3) is 0 Å². The fourth-order valence-electron chi connectivity index (χ4n) is 1.91. The van der Waals surface area contributed by atoms with Gasteiger partial charge in [-0.3, -0.25) is 0 Å². The van der Waals surface area contributed by atoms with E-state index in [0.29, 0.717) is 6.54 Å². The molecule has 0 radical (unpaired) electrons. The summed E-state index contributed by atoms with van der Waals surface area (Å²) in [6, 6.07) is 8.23. The summed E-state index contributed by atoms with van der Waals surface area (Å²) < 4.78 is 1.04. The topological polar surface area (TPSA) is 55.0 Å². The lowest BCUT2D eigenvalue weighted by Crippen LogP contribution is -2.25. The van der Waals surface area contributed by atoms with Crippen LogP contribution >= 0.6 is 22.6 Å². The molecule has 0 saturated heterocycles. The van der Waals surface area contributed by atoms with Crippen molar-refractivity contribution in [2.75, 3.05) is 11.4 Å². The van der Waals surface area contributed by atoms with Crippen LogP contribution in [0.2, 0.25) is 0 Å². The van der Waals surface area contributed by atoms with E-state index in [9.17, 15) is 0 Å². The minimum atomic E-state index is 0.557. The predicted molar refractivity (Wildman–Crippen MR) is 85.8 cm³/mol. The van der Waals surface area contributed by atoms with E-state index < -0.39 is 0 Å². The highest BCUT2D eigenvalue weighted by molar-refractivity contribution is 14.1. The highest BCUT2D eigenvalue weighted by atomic mass is 127. The van der Waals surface area contributed by atoms with E-state index in [-0.39, 0.29) is 0 Å². The number of hydrogen-bond donors (Lipinski definition) is 1. The molecule has 19 heavy (non-hydrogen) atoms. The number of aromatic nitrogens is 2. The number of nitrogens with two attached hydrogens (primary N) is 1. The standard InChI is InChI=1S/C14H17IN4/c1-2-19(14-17-8-13(15)9-18-14)10-12-6-4-3-5-11(12)7-16/h3-6,8-9H,2,7,10,16H2,1H3. The molecule has 4 nitrogen and oxygen atoms in total. The van der Waals surface area contributed by atoms with Crippen LogP contribution in [0.15, 0.2) is 36.7 Å². The van der Waals surface area contributed by atoms with Crippen LogP contribution < -0.4 is 10.6 Å². The third kappa shape index (κ3) is 3.63. The van der Waals surface area contributed by atoms with Gasteiger partial charge in [0.05, 0.1) is 0 Å². The molecule has 1 heterocycles. The Labute approximate surface area is 127 Å². The zero-order valence-electron chi connectivity index (χ0n) is 10.9. The van der Waals surface area contributed by atoms with Crippen molar-refractivity contribution in [2.45, 2.75) is 20.0 Å². The van der Waals surface area contributed by atoms with Crippen molar-refractivity contribution in [3.05, 3.63) is 51.4 Å². The van der Waals surface area contributed by atoms with Crippen LogP contribution in [0.5, 0.6) is 0 Å². The molecule has 0 aliphatic heterocycles. The first-order chi connectivity index (χ1) is 9.24. The van der Waals surface area contributed by atoms with Crippen molar-refractivity contribution < 1.29 is 0 Å². The summed E-state index contributed by atoms with van der Waals surface area (Å²) in [6.45, 7) is 4.30. The molecule has 0 atom stereocenters. The zero-order valence-corrected chi connectivity index (χ0v) is 13.0. The molecule has 1 aromatic carbocycles. The Hall–Kier alpha value is -1.21. The molecule has 2 N–H and O–H groups in total. The molecule has 0 fully saturated rings. The van der Waals surface area contributed by atoms with Crippen LogP contribution in [0, 0.1) is 3.57 Å². The van der Waals surface area contributed by atoms with Gasteiger partial charge in [0.25, 0.3) is 0 Å². The van der Waals surface area contributed by atoms with Gasteiger partial charge in [-0.15, -0.1) is 0 Å². The van der Waals surface area contributed by atoms with Gasteiger partial charge >= 0.3 is 0 Å². The van der Waals surface area contributed by atoms with Crippen LogP contribution in [0.1, 0.15) is 18.1 Å². The van der Waals surface area contributed by atoms with Crippen LogP contribution in [-0.4, -0.2) is 16.5 Å². The first-order valence-corrected chi connectivity index (χ1v) is 7.31. The molecule has 0 spiro atoms. The number of halogens is 1. The normalized spacial score (nSPS) is 10.5.